The number of aromatic nitrogens is 2. The number of hydrogen-bond donors (Lipinski definition) is 1. The number of nitrogens with one attached hydrogen (secondary N) is 1. The third-order valence-electron chi connectivity index (χ3n) is 2.80. The summed E-state index contributed by atoms with van der Waals surface area (Å²) in [5.74, 6) is 5.46. The topological polar surface area (TPSA) is 68.0 Å². The Hall–Kier alpha value is -2.48. The molecule has 1 N–H and O–H groups in total. The monoisotopic (exact) mass is 272 g/mol. The van der Waals surface area contributed by atoms with E-state index in [2.05, 4.69) is 18.8 Å². The van der Waals surface area contributed by atoms with E-state index in [0.29, 0.717) is 0 Å². The standard InChI is InChI=1S/C15H16N2O3/c1-2-3-4-5-6-12-7-9-13(10-8-12)11-17-14(18)16-15(19)20-17/h7-10H,2-4,11H2,1H3,(H,16,18,19). The van der Waals surface area contributed by atoms with E-state index in [4.69, 9.17) is 4.52 Å². The molecule has 1 aromatic heterocycles. The number of rotatable bonds is 4. The van der Waals surface area contributed by atoms with Gasteiger partial charge in [0.05, 0.1) is 6.54 Å². The van der Waals surface area contributed by atoms with Gasteiger partial charge in [-0.15, -0.1) is 4.74 Å². The van der Waals surface area contributed by atoms with Gasteiger partial charge in [0, 0.05) is 12.0 Å². The van der Waals surface area contributed by atoms with Gasteiger partial charge in [-0.05, 0) is 24.1 Å². The Morgan fingerprint density at radius 1 is 1.25 bits per heavy atom. The Labute approximate surface area is 116 Å². The minimum absolute atomic E-state index is 0.223. The molecule has 0 saturated carbocycles. The lowest BCUT2D eigenvalue weighted by Crippen LogP contribution is -2.17. The highest BCUT2D eigenvalue weighted by atomic mass is 16.5. The van der Waals surface area contributed by atoms with Crippen molar-refractivity contribution in [2.75, 3.05) is 0 Å². The minimum Gasteiger partial charge on any atom is -0.317 e. The number of H-pyrrole nitrogens is 1. The SMILES string of the molecule is CCCCC#Cc1ccc(Cn2oc(=O)[nH]c2=O)cc1. The summed E-state index contributed by atoms with van der Waals surface area (Å²) in [4.78, 5) is 24.2. The molecule has 0 bridgehead atoms. The van der Waals surface area contributed by atoms with Crippen LogP contribution in [0.5, 0.6) is 0 Å². The summed E-state index contributed by atoms with van der Waals surface area (Å²) in [5.41, 5.74) is 1.26. The van der Waals surface area contributed by atoms with Gasteiger partial charge >= 0.3 is 11.4 Å². The van der Waals surface area contributed by atoms with Crippen molar-refractivity contribution in [3.63, 3.8) is 0 Å². The third-order valence-corrected chi connectivity index (χ3v) is 2.80. The van der Waals surface area contributed by atoms with Crippen LogP contribution in [0.1, 0.15) is 37.3 Å². The Kier molecular flexibility index (Phi) is 4.61. The number of benzene rings is 1. The average molecular weight is 272 g/mol. The fourth-order valence-corrected chi connectivity index (χ4v) is 1.71. The highest BCUT2D eigenvalue weighted by Crippen LogP contribution is 2.04. The fourth-order valence-electron chi connectivity index (χ4n) is 1.71. The molecule has 0 aliphatic rings. The Morgan fingerprint density at radius 3 is 2.60 bits per heavy atom. The zero-order chi connectivity index (χ0) is 14.4. The van der Waals surface area contributed by atoms with E-state index >= 15 is 0 Å². The van der Waals surface area contributed by atoms with Crippen molar-refractivity contribution in [1.82, 2.24) is 9.72 Å². The van der Waals surface area contributed by atoms with Gasteiger partial charge in [-0.1, -0.05) is 37.3 Å². The van der Waals surface area contributed by atoms with Gasteiger partial charge in [-0.2, -0.15) is 0 Å². The first-order valence-corrected chi connectivity index (χ1v) is 6.57. The predicted octanol–water partition coefficient (Wildman–Crippen LogP) is 1.72. The summed E-state index contributed by atoms with van der Waals surface area (Å²) in [6, 6.07) is 7.51. The Bertz CT molecular complexity index is 723. The lowest BCUT2D eigenvalue weighted by Gasteiger charge is -1.99. The van der Waals surface area contributed by atoms with Crippen LogP contribution in [-0.2, 0) is 6.54 Å². The lowest BCUT2D eigenvalue weighted by atomic mass is 10.1. The molecule has 0 saturated heterocycles. The molecule has 20 heavy (non-hydrogen) atoms. The van der Waals surface area contributed by atoms with Gasteiger partial charge in [0.25, 0.3) is 0 Å². The van der Waals surface area contributed by atoms with Gasteiger partial charge in [0.1, 0.15) is 0 Å². The van der Waals surface area contributed by atoms with Crippen LogP contribution in [-0.4, -0.2) is 9.72 Å². The highest BCUT2D eigenvalue weighted by Gasteiger charge is 2.03. The number of nitrogens with zero attached hydrogens (tertiary/aromatic N) is 1. The molecule has 5 nitrogen and oxygen atoms in total. The van der Waals surface area contributed by atoms with Crippen LogP contribution in [0.15, 0.2) is 38.4 Å². The van der Waals surface area contributed by atoms with Crippen LogP contribution in [0.25, 0.3) is 0 Å². The third kappa shape index (κ3) is 3.75. The molecule has 0 radical (unpaired) electrons. The van der Waals surface area contributed by atoms with E-state index in [9.17, 15) is 9.59 Å². The van der Waals surface area contributed by atoms with Crippen LogP contribution in [0.4, 0.5) is 0 Å². The lowest BCUT2D eigenvalue weighted by molar-refractivity contribution is 0.258. The molecule has 1 aromatic carbocycles. The van der Waals surface area contributed by atoms with Crippen LogP contribution in [0.2, 0.25) is 0 Å². The second-order valence-corrected chi connectivity index (χ2v) is 4.45. The minimum atomic E-state index is -0.742. The van der Waals surface area contributed by atoms with Crippen LogP contribution in [0.3, 0.4) is 0 Å². The van der Waals surface area contributed by atoms with Gasteiger partial charge in [0.15, 0.2) is 0 Å². The number of hydrogen-bond acceptors (Lipinski definition) is 3. The molecule has 2 aromatic rings. The maximum Gasteiger partial charge on any atom is 0.440 e. The first-order valence-electron chi connectivity index (χ1n) is 6.57. The summed E-state index contributed by atoms with van der Waals surface area (Å²) in [5, 5.41) is 0. The first-order chi connectivity index (χ1) is 9.69. The molecule has 0 fully saturated rings. The van der Waals surface area contributed by atoms with E-state index in [1.807, 2.05) is 29.2 Å². The van der Waals surface area contributed by atoms with Crippen molar-refractivity contribution >= 4 is 0 Å². The van der Waals surface area contributed by atoms with E-state index in [1.165, 1.54) is 0 Å². The van der Waals surface area contributed by atoms with Gasteiger partial charge in [-0.3, -0.25) is 0 Å². The molecular formula is C15H16N2O3. The van der Waals surface area contributed by atoms with E-state index in [1.54, 1.807) is 0 Å². The number of unbranched alkanes of at least 4 members (excludes halogenated alkanes) is 2. The van der Waals surface area contributed by atoms with Crippen molar-refractivity contribution in [3.05, 3.63) is 56.4 Å². The summed E-state index contributed by atoms with van der Waals surface area (Å²) < 4.78 is 5.70. The molecule has 0 atom stereocenters. The molecular weight excluding hydrogens is 256 g/mol. The molecule has 0 spiro atoms. The largest absolute Gasteiger partial charge is 0.440 e. The Morgan fingerprint density at radius 2 is 2.00 bits per heavy atom. The summed E-state index contributed by atoms with van der Waals surface area (Å²) in [7, 11) is 0. The molecule has 0 aliphatic carbocycles. The smallest absolute Gasteiger partial charge is 0.317 e. The fraction of sp³-hybridized carbons (Fsp3) is 0.333. The second-order valence-electron chi connectivity index (χ2n) is 4.45. The summed E-state index contributed by atoms with van der Waals surface area (Å²) in [6.07, 6.45) is 3.16. The Balaban J connectivity index is 2.04. The van der Waals surface area contributed by atoms with Crippen LogP contribution in [0, 0.1) is 11.8 Å². The first kappa shape index (κ1) is 13.9. The normalized spacial score (nSPS) is 10.1. The van der Waals surface area contributed by atoms with Crippen molar-refractivity contribution < 1.29 is 4.52 Å². The zero-order valence-electron chi connectivity index (χ0n) is 11.3. The predicted molar refractivity (Wildman–Crippen MR) is 75.5 cm³/mol. The molecule has 2 rings (SSSR count). The molecule has 0 amide bonds. The van der Waals surface area contributed by atoms with Crippen LogP contribution < -0.4 is 11.4 Å². The molecule has 0 unspecified atom stereocenters. The molecule has 5 heteroatoms. The summed E-state index contributed by atoms with van der Waals surface area (Å²) >= 11 is 0. The van der Waals surface area contributed by atoms with Gasteiger partial charge in [0.2, 0.25) is 0 Å². The van der Waals surface area contributed by atoms with Crippen molar-refractivity contribution in [2.45, 2.75) is 32.7 Å². The number of aromatic amines is 1. The quantitative estimate of drug-likeness (QED) is 0.680. The van der Waals surface area contributed by atoms with Crippen LogP contribution >= 0.6 is 0 Å². The van der Waals surface area contributed by atoms with E-state index < -0.39 is 11.4 Å². The van der Waals surface area contributed by atoms with Crippen molar-refractivity contribution in [1.29, 1.82) is 0 Å². The molecule has 1 heterocycles. The molecule has 104 valence electrons. The molecule has 0 aliphatic heterocycles. The maximum atomic E-state index is 11.3. The zero-order valence-corrected chi connectivity index (χ0v) is 11.3. The van der Waals surface area contributed by atoms with Crippen molar-refractivity contribution in [3.8, 4) is 11.8 Å². The van der Waals surface area contributed by atoms with E-state index in [-0.39, 0.29) is 6.54 Å². The average Bonchev–Trinajstić information content (AvgIpc) is 2.75. The van der Waals surface area contributed by atoms with Gasteiger partial charge in [-0.25, -0.2) is 14.6 Å². The maximum absolute atomic E-state index is 11.3. The van der Waals surface area contributed by atoms with Crippen molar-refractivity contribution in [2.24, 2.45) is 0 Å². The van der Waals surface area contributed by atoms with E-state index in [0.717, 1.165) is 35.1 Å². The second kappa shape index (κ2) is 6.62. The highest BCUT2D eigenvalue weighted by molar-refractivity contribution is 5.36. The van der Waals surface area contributed by atoms with Gasteiger partial charge < -0.3 is 4.52 Å². The summed E-state index contributed by atoms with van der Waals surface area (Å²) in [6.45, 7) is 2.36.